The topological polar surface area (TPSA) is 21.3 Å². The molecule has 0 radical (unpaired) electrons. The van der Waals surface area contributed by atoms with Crippen molar-refractivity contribution in [1.29, 1.82) is 0 Å². The zero-order valence-corrected chi connectivity index (χ0v) is 13.6. The summed E-state index contributed by atoms with van der Waals surface area (Å²) >= 11 is 0. The van der Waals surface area contributed by atoms with Gasteiger partial charge < -0.3 is 10.1 Å². The van der Waals surface area contributed by atoms with Crippen LogP contribution in [0.4, 0.5) is 0 Å². The van der Waals surface area contributed by atoms with Gasteiger partial charge in [0.25, 0.3) is 0 Å². The van der Waals surface area contributed by atoms with E-state index in [2.05, 4.69) is 51.2 Å². The molecule has 1 unspecified atom stereocenters. The first-order chi connectivity index (χ1) is 9.65. The molecule has 1 aromatic rings. The van der Waals surface area contributed by atoms with Crippen LogP contribution in [0, 0.1) is 0 Å². The third-order valence-electron chi connectivity index (χ3n) is 3.48. The molecule has 0 bridgehead atoms. The second kappa shape index (κ2) is 9.82. The van der Waals surface area contributed by atoms with E-state index in [1.807, 2.05) is 6.07 Å². The molecule has 2 nitrogen and oxygen atoms in total. The van der Waals surface area contributed by atoms with Crippen LogP contribution < -0.4 is 10.1 Å². The Bertz CT molecular complexity index is 362. The number of benzene rings is 1. The van der Waals surface area contributed by atoms with Crippen molar-refractivity contribution in [1.82, 2.24) is 5.32 Å². The summed E-state index contributed by atoms with van der Waals surface area (Å²) in [7, 11) is 0. The van der Waals surface area contributed by atoms with Crippen LogP contribution in [0.3, 0.4) is 0 Å². The predicted octanol–water partition coefficient (Wildman–Crippen LogP) is 5.09. The summed E-state index contributed by atoms with van der Waals surface area (Å²) in [5, 5.41) is 3.61. The number of hydrogen-bond donors (Lipinski definition) is 1. The van der Waals surface area contributed by atoms with Crippen molar-refractivity contribution >= 4 is 0 Å². The molecule has 0 saturated heterocycles. The van der Waals surface area contributed by atoms with Crippen LogP contribution in [0.2, 0.25) is 0 Å². The highest BCUT2D eigenvalue weighted by Crippen LogP contribution is 2.25. The van der Waals surface area contributed by atoms with Gasteiger partial charge in [-0.25, -0.2) is 0 Å². The number of rotatable bonds is 10. The minimum atomic E-state index is 0.220. The zero-order chi connectivity index (χ0) is 14.8. The minimum Gasteiger partial charge on any atom is -0.491 e. The molecule has 1 atom stereocenters. The van der Waals surface area contributed by atoms with Gasteiger partial charge in [0.2, 0.25) is 0 Å². The molecule has 2 heteroatoms. The van der Waals surface area contributed by atoms with Gasteiger partial charge in [0.05, 0.1) is 6.10 Å². The SMILES string of the molecule is CCCCCCCNC(C)c1ccccc1OC(C)C. The van der Waals surface area contributed by atoms with E-state index in [1.54, 1.807) is 0 Å². The first-order valence-corrected chi connectivity index (χ1v) is 8.14. The lowest BCUT2D eigenvalue weighted by Crippen LogP contribution is -2.21. The lowest BCUT2D eigenvalue weighted by molar-refractivity contribution is 0.238. The highest BCUT2D eigenvalue weighted by atomic mass is 16.5. The third-order valence-corrected chi connectivity index (χ3v) is 3.48. The summed E-state index contributed by atoms with van der Waals surface area (Å²) in [6.45, 7) is 9.70. The summed E-state index contributed by atoms with van der Waals surface area (Å²) in [6, 6.07) is 8.69. The summed E-state index contributed by atoms with van der Waals surface area (Å²) in [6.07, 6.45) is 6.84. The summed E-state index contributed by atoms with van der Waals surface area (Å²) < 4.78 is 5.89. The average Bonchev–Trinajstić information content (AvgIpc) is 2.42. The fourth-order valence-corrected chi connectivity index (χ4v) is 2.36. The maximum Gasteiger partial charge on any atom is 0.124 e. The largest absolute Gasteiger partial charge is 0.491 e. The van der Waals surface area contributed by atoms with Crippen molar-refractivity contribution in [2.75, 3.05) is 6.54 Å². The van der Waals surface area contributed by atoms with Crippen LogP contribution in [-0.4, -0.2) is 12.6 Å². The smallest absolute Gasteiger partial charge is 0.124 e. The molecule has 114 valence electrons. The van der Waals surface area contributed by atoms with E-state index in [0.717, 1.165) is 12.3 Å². The van der Waals surface area contributed by atoms with Crippen LogP contribution in [0.15, 0.2) is 24.3 Å². The molecule has 1 N–H and O–H groups in total. The fourth-order valence-electron chi connectivity index (χ4n) is 2.36. The normalized spacial score (nSPS) is 12.7. The average molecular weight is 277 g/mol. The monoisotopic (exact) mass is 277 g/mol. The summed E-state index contributed by atoms with van der Waals surface area (Å²) in [5.74, 6) is 1.01. The Balaban J connectivity index is 2.40. The van der Waals surface area contributed by atoms with Gasteiger partial charge in [0, 0.05) is 11.6 Å². The van der Waals surface area contributed by atoms with Gasteiger partial charge >= 0.3 is 0 Å². The fraction of sp³-hybridized carbons (Fsp3) is 0.667. The Labute approximate surface area is 124 Å². The molecule has 0 aromatic heterocycles. The van der Waals surface area contributed by atoms with Gasteiger partial charge in [0.1, 0.15) is 5.75 Å². The van der Waals surface area contributed by atoms with Gasteiger partial charge in [-0.2, -0.15) is 0 Å². The van der Waals surface area contributed by atoms with Crippen molar-refractivity contribution in [3.63, 3.8) is 0 Å². The Morgan fingerprint density at radius 2 is 1.70 bits per heavy atom. The quantitative estimate of drug-likeness (QED) is 0.601. The standard InChI is InChI=1S/C18H31NO/c1-5-6-7-8-11-14-19-16(4)17-12-9-10-13-18(17)20-15(2)3/h9-10,12-13,15-16,19H,5-8,11,14H2,1-4H3. The molecule has 1 rings (SSSR count). The van der Waals surface area contributed by atoms with Crippen LogP contribution in [0.5, 0.6) is 5.75 Å². The van der Waals surface area contributed by atoms with Crippen molar-refractivity contribution in [3.05, 3.63) is 29.8 Å². The maximum atomic E-state index is 5.89. The lowest BCUT2D eigenvalue weighted by atomic mass is 10.1. The predicted molar refractivity (Wildman–Crippen MR) is 87.4 cm³/mol. The molecule has 0 spiro atoms. The number of para-hydroxylation sites is 1. The molecular formula is C18H31NO. The van der Waals surface area contributed by atoms with Crippen LogP contribution in [0.1, 0.15) is 71.4 Å². The second-order valence-corrected chi connectivity index (χ2v) is 5.79. The number of unbranched alkanes of at least 4 members (excludes halogenated alkanes) is 4. The third kappa shape index (κ3) is 6.42. The van der Waals surface area contributed by atoms with Gasteiger partial charge in [-0.05, 0) is 39.8 Å². The molecule has 0 fully saturated rings. The maximum absolute atomic E-state index is 5.89. The van der Waals surface area contributed by atoms with Crippen molar-refractivity contribution in [2.24, 2.45) is 0 Å². The molecule has 0 aliphatic carbocycles. The van der Waals surface area contributed by atoms with E-state index in [1.165, 1.54) is 37.7 Å². The first kappa shape index (κ1) is 17.0. The Hall–Kier alpha value is -1.02. The molecule has 0 amide bonds. The van der Waals surface area contributed by atoms with E-state index in [4.69, 9.17) is 4.74 Å². The minimum absolute atomic E-state index is 0.220. The Morgan fingerprint density at radius 1 is 1.00 bits per heavy atom. The molecular weight excluding hydrogens is 246 g/mol. The summed E-state index contributed by atoms with van der Waals surface area (Å²) in [4.78, 5) is 0. The molecule has 1 aromatic carbocycles. The molecule has 0 aliphatic rings. The van der Waals surface area contributed by atoms with Gasteiger partial charge in [-0.15, -0.1) is 0 Å². The number of ether oxygens (including phenoxy) is 1. The van der Waals surface area contributed by atoms with Crippen LogP contribution in [-0.2, 0) is 0 Å². The van der Waals surface area contributed by atoms with Gasteiger partial charge in [-0.1, -0.05) is 50.8 Å². The number of hydrogen-bond acceptors (Lipinski definition) is 2. The molecule has 0 saturated carbocycles. The highest BCUT2D eigenvalue weighted by molar-refractivity contribution is 5.35. The Kier molecular flexibility index (Phi) is 8.36. The zero-order valence-electron chi connectivity index (χ0n) is 13.6. The molecule has 0 aliphatic heterocycles. The van der Waals surface area contributed by atoms with Gasteiger partial charge in [0.15, 0.2) is 0 Å². The van der Waals surface area contributed by atoms with Crippen molar-refractivity contribution < 1.29 is 4.74 Å². The summed E-state index contributed by atoms with van der Waals surface area (Å²) in [5.41, 5.74) is 1.26. The van der Waals surface area contributed by atoms with Crippen molar-refractivity contribution in [3.8, 4) is 5.75 Å². The van der Waals surface area contributed by atoms with E-state index < -0.39 is 0 Å². The van der Waals surface area contributed by atoms with E-state index >= 15 is 0 Å². The molecule has 20 heavy (non-hydrogen) atoms. The van der Waals surface area contributed by atoms with E-state index in [-0.39, 0.29) is 6.10 Å². The van der Waals surface area contributed by atoms with Gasteiger partial charge in [-0.3, -0.25) is 0 Å². The highest BCUT2D eigenvalue weighted by Gasteiger charge is 2.11. The van der Waals surface area contributed by atoms with Crippen LogP contribution >= 0.6 is 0 Å². The Morgan fingerprint density at radius 3 is 2.40 bits per heavy atom. The van der Waals surface area contributed by atoms with E-state index in [9.17, 15) is 0 Å². The van der Waals surface area contributed by atoms with Crippen LogP contribution in [0.25, 0.3) is 0 Å². The van der Waals surface area contributed by atoms with Crippen molar-refractivity contribution in [2.45, 2.75) is 71.9 Å². The number of nitrogens with one attached hydrogen (secondary N) is 1. The van der Waals surface area contributed by atoms with E-state index in [0.29, 0.717) is 6.04 Å². The molecule has 0 heterocycles. The second-order valence-electron chi connectivity index (χ2n) is 5.79. The lowest BCUT2D eigenvalue weighted by Gasteiger charge is -2.19. The first-order valence-electron chi connectivity index (χ1n) is 8.14.